The Kier molecular flexibility index (Phi) is 6.26. The average molecular weight is 213 g/mol. The molecule has 3 atom stereocenters. The minimum Gasteiger partial charge on any atom is -0.378 e. The lowest BCUT2D eigenvalue weighted by molar-refractivity contribution is 0.00123. The Morgan fingerprint density at radius 3 is 2.60 bits per heavy atom. The van der Waals surface area contributed by atoms with Gasteiger partial charge in [0.05, 0.1) is 6.10 Å². The van der Waals surface area contributed by atoms with E-state index in [9.17, 15) is 0 Å². The molecule has 0 spiro atoms. The summed E-state index contributed by atoms with van der Waals surface area (Å²) in [6.07, 6.45) is 6.87. The second-order valence-electron chi connectivity index (χ2n) is 5.07. The molecule has 1 N–H and O–H groups in total. The molecular formula is C13H27NO. The fraction of sp³-hybridized carbons (Fsp3) is 1.00. The van der Waals surface area contributed by atoms with Gasteiger partial charge in [0.1, 0.15) is 0 Å². The van der Waals surface area contributed by atoms with Gasteiger partial charge in [-0.1, -0.05) is 13.8 Å². The lowest BCUT2D eigenvalue weighted by Gasteiger charge is -2.31. The first-order valence-corrected chi connectivity index (χ1v) is 6.50. The van der Waals surface area contributed by atoms with Crippen LogP contribution in [-0.2, 0) is 4.74 Å². The van der Waals surface area contributed by atoms with Crippen LogP contribution in [0.25, 0.3) is 0 Å². The summed E-state index contributed by atoms with van der Waals surface area (Å²) in [4.78, 5) is 0. The Bertz CT molecular complexity index is 161. The molecule has 0 amide bonds. The third-order valence-corrected chi connectivity index (χ3v) is 3.72. The van der Waals surface area contributed by atoms with Crippen LogP contribution in [0.4, 0.5) is 0 Å². The molecule has 0 aliphatic heterocycles. The molecule has 1 saturated carbocycles. The van der Waals surface area contributed by atoms with Crippen molar-refractivity contribution >= 4 is 0 Å². The van der Waals surface area contributed by atoms with E-state index in [0.29, 0.717) is 6.10 Å². The van der Waals surface area contributed by atoms with Gasteiger partial charge in [0.2, 0.25) is 0 Å². The second kappa shape index (κ2) is 7.24. The number of hydrogen-bond donors (Lipinski definition) is 1. The van der Waals surface area contributed by atoms with Gasteiger partial charge in [0.25, 0.3) is 0 Å². The standard InChI is InChI=1S/C13H27NO/c1-11-6-7-13(10-12(11)2)15-9-5-4-8-14-3/h11-14H,4-10H2,1-3H3. The van der Waals surface area contributed by atoms with Crippen molar-refractivity contribution in [1.29, 1.82) is 0 Å². The summed E-state index contributed by atoms with van der Waals surface area (Å²) in [6, 6.07) is 0. The van der Waals surface area contributed by atoms with Crippen molar-refractivity contribution in [1.82, 2.24) is 5.32 Å². The highest BCUT2D eigenvalue weighted by molar-refractivity contribution is 4.75. The highest BCUT2D eigenvalue weighted by Crippen LogP contribution is 2.30. The fourth-order valence-corrected chi connectivity index (χ4v) is 2.30. The van der Waals surface area contributed by atoms with E-state index in [1.807, 2.05) is 7.05 Å². The topological polar surface area (TPSA) is 21.3 Å². The number of nitrogens with one attached hydrogen (secondary N) is 1. The molecule has 1 aliphatic carbocycles. The third kappa shape index (κ3) is 4.98. The number of ether oxygens (including phenoxy) is 1. The molecule has 3 unspecified atom stereocenters. The minimum atomic E-state index is 0.547. The molecule has 90 valence electrons. The van der Waals surface area contributed by atoms with Gasteiger partial charge in [-0.2, -0.15) is 0 Å². The Morgan fingerprint density at radius 1 is 1.13 bits per heavy atom. The van der Waals surface area contributed by atoms with E-state index in [0.717, 1.165) is 25.0 Å². The predicted molar refractivity (Wildman–Crippen MR) is 65.1 cm³/mol. The van der Waals surface area contributed by atoms with Crippen molar-refractivity contribution in [2.45, 2.75) is 52.1 Å². The van der Waals surface area contributed by atoms with Gasteiger partial charge in [-0.25, -0.2) is 0 Å². The van der Waals surface area contributed by atoms with E-state index in [-0.39, 0.29) is 0 Å². The van der Waals surface area contributed by atoms with E-state index in [1.54, 1.807) is 0 Å². The lowest BCUT2D eigenvalue weighted by Crippen LogP contribution is -2.27. The van der Waals surface area contributed by atoms with Crippen molar-refractivity contribution in [2.75, 3.05) is 20.2 Å². The van der Waals surface area contributed by atoms with Crippen LogP contribution in [0.5, 0.6) is 0 Å². The fourth-order valence-electron chi connectivity index (χ4n) is 2.30. The normalized spacial score (nSPS) is 31.8. The molecule has 2 heteroatoms. The van der Waals surface area contributed by atoms with Gasteiger partial charge in [0.15, 0.2) is 0 Å². The van der Waals surface area contributed by atoms with E-state index >= 15 is 0 Å². The van der Waals surface area contributed by atoms with E-state index < -0.39 is 0 Å². The molecular weight excluding hydrogens is 186 g/mol. The van der Waals surface area contributed by atoms with Crippen LogP contribution < -0.4 is 5.32 Å². The molecule has 1 rings (SSSR count). The van der Waals surface area contributed by atoms with Crippen molar-refractivity contribution in [2.24, 2.45) is 11.8 Å². The zero-order chi connectivity index (χ0) is 11.1. The Hall–Kier alpha value is -0.0800. The summed E-state index contributed by atoms with van der Waals surface area (Å²) in [5.41, 5.74) is 0. The quantitative estimate of drug-likeness (QED) is 0.685. The van der Waals surface area contributed by atoms with E-state index in [4.69, 9.17) is 4.74 Å². The summed E-state index contributed by atoms with van der Waals surface area (Å²) < 4.78 is 5.92. The maximum absolute atomic E-state index is 5.92. The highest BCUT2D eigenvalue weighted by Gasteiger charge is 2.24. The van der Waals surface area contributed by atoms with Gasteiger partial charge in [-0.05, 0) is 57.5 Å². The largest absolute Gasteiger partial charge is 0.378 e. The molecule has 0 radical (unpaired) electrons. The van der Waals surface area contributed by atoms with Crippen LogP contribution in [-0.4, -0.2) is 26.3 Å². The van der Waals surface area contributed by atoms with Crippen LogP contribution in [0.1, 0.15) is 46.0 Å². The smallest absolute Gasteiger partial charge is 0.0577 e. The second-order valence-corrected chi connectivity index (χ2v) is 5.07. The van der Waals surface area contributed by atoms with Crippen molar-refractivity contribution in [3.63, 3.8) is 0 Å². The molecule has 0 bridgehead atoms. The molecule has 1 fully saturated rings. The molecule has 0 saturated heterocycles. The van der Waals surface area contributed by atoms with Crippen molar-refractivity contribution < 1.29 is 4.74 Å². The molecule has 0 aromatic rings. The van der Waals surface area contributed by atoms with E-state index in [2.05, 4.69) is 19.2 Å². The summed E-state index contributed by atoms with van der Waals surface area (Å²) in [6.45, 7) is 6.80. The summed E-state index contributed by atoms with van der Waals surface area (Å²) >= 11 is 0. The minimum absolute atomic E-state index is 0.547. The summed E-state index contributed by atoms with van der Waals surface area (Å²) in [5, 5.41) is 3.16. The van der Waals surface area contributed by atoms with E-state index in [1.165, 1.54) is 32.1 Å². The number of rotatable bonds is 6. The van der Waals surface area contributed by atoms with Crippen LogP contribution in [0.15, 0.2) is 0 Å². The van der Waals surface area contributed by atoms with Crippen LogP contribution >= 0.6 is 0 Å². The maximum Gasteiger partial charge on any atom is 0.0577 e. The Morgan fingerprint density at radius 2 is 1.93 bits per heavy atom. The first-order chi connectivity index (χ1) is 7.24. The zero-order valence-corrected chi connectivity index (χ0v) is 10.6. The molecule has 2 nitrogen and oxygen atoms in total. The van der Waals surface area contributed by atoms with Gasteiger partial charge in [0, 0.05) is 6.61 Å². The van der Waals surface area contributed by atoms with Crippen molar-refractivity contribution in [3.8, 4) is 0 Å². The van der Waals surface area contributed by atoms with Gasteiger partial charge < -0.3 is 10.1 Å². The Labute approximate surface area is 94.8 Å². The molecule has 0 aromatic carbocycles. The molecule has 0 heterocycles. The highest BCUT2D eigenvalue weighted by atomic mass is 16.5. The first kappa shape index (κ1) is 13.0. The summed E-state index contributed by atoms with van der Waals surface area (Å²) in [5.74, 6) is 1.75. The third-order valence-electron chi connectivity index (χ3n) is 3.72. The Balaban J connectivity index is 2.02. The maximum atomic E-state index is 5.92. The van der Waals surface area contributed by atoms with Gasteiger partial charge in [-0.15, -0.1) is 0 Å². The number of hydrogen-bond acceptors (Lipinski definition) is 2. The lowest BCUT2D eigenvalue weighted by atomic mass is 9.80. The van der Waals surface area contributed by atoms with Crippen LogP contribution in [0.3, 0.4) is 0 Å². The van der Waals surface area contributed by atoms with Crippen molar-refractivity contribution in [3.05, 3.63) is 0 Å². The predicted octanol–water partition coefficient (Wildman–Crippen LogP) is 2.83. The van der Waals surface area contributed by atoms with Crippen LogP contribution in [0, 0.1) is 11.8 Å². The van der Waals surface area contributed by atoms with Crippen LogP contribution in [0.2, 0.25) is 0 Å². The van der Waals surface area contributed by atoms with Gasteiger partial charge >= 0.3 is 0 Å². The molecule has 1 aliphatic rings. The SMILES string of the molecule is CNCCCCOC1CCC(C)C(C)C1. The first-order valence-electron chi connectivity index (χ1n) is 6.50. The molecule has 0 aromatic heterocycles. The van der Waals surface area contributed by atoms with Gasteiger partial charge in [-0.3, -0.25) is 0 Å². The number of unbranched alkanes of at least 4 members (excludes halogenated alkanes) is 1. The molecule has 15 heavy (non-hydrogen) atoms. The zero-order valence-electron chi connectivity index (χ0n) is 10.6. The average Bonchev–Trinajstić information content (AvgIpc) is 2.23. The summed E-state index contributed by atoms with van der Waals surface area (Å²) in [7, 11) is 2.01. The monoisotopic (exact) mass is 213 g/mol.